The molecule has 4 rings (SSSR count). The molecule has 6 heteroatoms. The predicted octanol–water partition coefficient (Wildman–Crippen LogP) is 2.45. The Hall–Kier alpha value is -1.79. The van der Waals surface area contributed by atoms with Crippen LogP contribution in [-0.4, -0.2) is 37.0 Å². The van der Waals surface area contributed by atoms with Crippen LogP contribution in [0.3, 0.4) is 0 Å². The third kappa shape index (κ3) is 2.66. The number of hydrogen-bond donors (Lipinski definition) is 0. The first-order valence-electron chi connectivity index (χ1n) is 8.03. The van der Waals surface area contributed by atoms with Gasteiger partial charge in [-0.15, -0.1) is 0 Å². The van der Waals surface area contributed by atoms with E-state index in [4.69, 9.17) is 4.74 Å². The van der Waals surface area contributed by atoms with Crippen molar-refractivity contribution in [2.24, 2.45) is 0 Å². The second-order valence-corrected chi connectivity index (χ2v) is 8.07. The fourth-order valence-electron chi connectivity index (χ4n) is 3.44. The van der Waals surface area contributed by atoms with Crippen LogP contribution in [0.1, 0.15) is 24.4 Å². The molecule has 0 unspecified atom stereocenters. The van der Waals surface area contributed by atoms with E-state index in [-0.39, 0.29) is 0 Å². The van der Waals surface area contributed by atoms with Gasteiger partial charge in [0.15, 0.2) is 0 Å². The zero-order chi connectivity index (χ0) is 15.9. The van der Waals surface area contributed by atoms with Crippen LogP contribution >= 0.6 is 0 Å². The number of ether oxygens (including phenoxy) is 1. The lowest BCUT2D eigenvalue weighted by Gasteiger charge is -2.32. The van der Waals surface area contributed by atoms with Gasteiger partial charge in [0.25, 0.3) is 0 Å². The highest BCUT2D eigenvalue weighted by atomic mass is 32.2. The van der Waals surface area contributed by atoms with Gasteiger partial charge in [0.1, 0.15) is 5.75 Å². The van der Waals surface area contributed by atoms with Crippen molar-refractivity contribution in [3.8, 4) is 5.75 Å². The standard InChI is InChI=1S/C17H20N2O3S/c20-23(21,16-3-4-17-14(13-16)7-12-22-17)19-10-5-15(6-11-19)18-8-1-2-9-18/h1-4,8-9,13,15H,5-7,10-12H2. The SMILES string of the molecule is O=S(=O)(c1ccc2c(c1)CCO2)N1CCC(n2cccc2)CC1. The molecule has 0 saturated carbocycles. The molecule has 0 bridgehead atoms. The fourth-order valence-corrected chi connectivity index (χ4v) is 4.97. The number of rotatable bonds is 3. The van der Waals surface area contributed by atoms with E-state index in [1.807, 2.05) is 12.1 Å². The average Bonchev–Trinajstić information content (AvgIpc) is 3.25. The van der Waals surface area contributed by atoms with Gasteiger partial charge in [0.2, 0.25) is 10.0 Å². The van der Waals surface area contributed by atoms with Gasteiger partial charge in [0.05, 0.1) is 11.5 Å². The monoisotopic (exact) mass is 332 g/mol. The predicted molar refractivity (Wildman–Crippen MR) is 87.1 cm³/mol. The first-order valence-corrected chi connectivity index (χ1v) is 9.47. The molecule has 1 saturated heterocycles. The molecule has 0 aliphatic carbocycles. The molecule has 23 heavy (non-hydrogen) atoms. The summed E-state index contributed by atoms with van der Waals surface area (Å²) in [6, 6.07) is 9.63. The first kappa shape index (κ1) is 14.8. The van der Waals surface area contributed by atoms with Crippen LogP contribution in [0.5, 0.6) is 5.75 Å². The van der Waals surface area contributed by atoms with Crippen molar-refractivity contribution in [2.75, 3.05) is 19.7 Å². The topological polar surface area (TPSA) is 51.5 Å². The zero-order valence-corrected chi connectivity index (χ0v) is 13.7. The summed E-state index contributed by atoms with van der Waals surface area (Å²) >= 11 is 0. The van der Waals surface area contributed by atoms with E-state index in [0.717, 1.165) is 30.6 Å². The molecule has 2 aliphatic heterocycles. The minimum absolute atomic E-state index is 0.390. The van der Waals surface area contributed by atoms with Gasteiger partial charge in [-0.05, 0) is 48.7 Å². The number of piperidine rings is 1. The van der Waals surface area contributed by atoms with Gasteiger partial charge in [0, 0.05) is 37.9 Å². The van der Waals surface area contributed by atoms with Crippen molar-refractivity contribution in [1.29, 1.82) is 0 Å². The van der Waals surface area contributed by atoms with Crippen LogP contribution < -0.4 is 4.74 Å². The van der Waals surface area contributed by atoms with Crippen molar-refractivity contribution in [3.05, 3.63) is 48.3 Å². The second-order valence-electron chi connectivity index (χ2n) is 6.13. The Morgan fingerprint density at radius 2 is 1.83 bits per heavy atom. The maximum atomic E-state index is 12.9. The van der Waals surface area contributed by atoms with Gasteiger partial charge in [-0.2, -0.15) is 4.31 Å². The number of aromatic nitrogens is 1. The van der Waals surface area contributed by atoms with Gasteiger partial charge >= 0.3 is 0 Å². The fraction of sp³-hybridized carbons (Fsp3) is 0.412. The highest BCUT2D eigenvalue weighted by Gasteiger charge is 2.30. The summed E-state index contributed by atoms with van der Waals surface area (Å²) in [7, 11) is -3.41. The number of hydrogen-bond acceptors (Lipinski definition) is 3. The van der Waals surface area contributed by atoms with Crippen LogP contribution in [0.2, 0.25) is 0 Å². The van der Waals surface area contributed by atoms with Crippen LogP contribution in [0, 0.1) is 0 Å². The maximum Gasteiger partial charge on any atom is 0.243 e. The minimum atomic E-state index is -3.41. The molecular weight excluding hydrogens is 312 g/mol. The highest BCUT2D eigenvalue weighted by molar-refractivity contribution is 7.89. The highest BCUT2D eigenvalue weighted by Crippen LogP contribution is 2.31. The number of nitrogens with zero attached hydrogens (tertiary/aromatic N) is 2. The maximum absolute atomic E-state index is 12.9. The quantitative estimate of drug-likeness (QED) is 0.867. The van der Waals surface area contributed by atoms with Crippen LogP contribution in [0.25, 0.3) is 0 Å². The van der Waals surface area contributed by atoms with Crippen molar-refractivity contribution in [1.82, 2.24) is 8.87 Å². The van der Waals surface area contributed by atoms with E-state index in [9.17, 15) is 8.42 Å². The van der Waals surface area contributed by atoms with E-state index >= 15 is 0 Å². The largest absolute Gasteiger partial charge is 0.493 e. The summed E-state index contributed by atoms with van der Waals surface area (Å²) in [4.78, 5) is 0.390. The molecule has 0 spiro atoms. The van der Waals surface area contributed by atoms with E-state index in [0.29, 0.717) is 30.6 Å². The minimum Gasteiger partial charge on any atom is -0.493 e. The summed E-state index contributed by atoms with van der Waals surface area (Å²) in [5, 5.41) is 0. The molecule has 2 aliphatic rings. The third-order valence-corrected chi connectivity index (χ3v) is 6.67. The van der Waals surface area contributed by atoms with E-state index in [2.05, 4.69) is 17.0 Å². The Labute approximate surface area is 136 Å². The molecule has 0 N–H and O–H groups in total. The summed E-state index contributed by atoms with van der Waals surface area (Å²) in [6.07, 6.45) is 6.59. The Morgan fingerprint density at radius 3 is 2.57 bits per heavy atom. The molecule has 1 aromatic carbocycles. The van der Waals surface area contributed by atoms with Gasteiger partial charge in [-0.25, -0.2) is 8.42 Å². The molecule has 3 heterocycles. The van der Waals surface area contributed by atoms with Crippen LogP contribution in [0.4, 0.5) is 0 Å². The van der Waals surface area contributed by atoms with Gasteiger partial charge in [-0.1, -0.05) is 0 Å². The summed E-state index contributed by atoms with van der Waals surface area (Å²) in [5.41, 5.74) is 0.994. The molecule has 0 atom stereocenters. The molecule has 0 amide bonds. The van der Waals surface area contributed by atoms with Gasteiger partial charge < -0.3 is 9.30 Å². The average molecular weight is 332 g/mol. The van der Waals surface area contributed by atoms with Crippen LogP contribution in [0.15, 0.2) is 47.6 Å². The Kier molecular flexibility index (Phi) is 3.66. The summed E-state index contributed by atoms with van der Waals surface area (Å²) in [5.74, 6) is 0.815. The normalized spacial score (nSPS) is 19.5. The van der Waals surface area contributed by atoms with E-state index < -0.39 is 10.0 Å². The van der Waals surface area contributed by atoms with Gasteiger partial charge in [-0.3, -0.25) is 0 Å². The van der Waals surface area contributed by atoms with Crippen molar-refractivity contribution < 1.29 is 13.2 Å². The summed E-state index contributed by atoms with van der Waals surface area (Å²) < 4.78 is 35.0. The number of fused-ring (bicyclic) bond motifs is 1. The lowest BCUT2D eigenvalue weighted by atomic mass is 10.1. The second kappa shape index (κ2) is 5.69. The van der Waals surface area contributed by atoms with E-state index in [1.54, 1.807) is 22.5 Å². The van der Waals surface area contributed by atoms with E-state index in [1.165, 1.54) is 0 Å². The molecule has 1 aromatic heterocycles. The Balaban J connectivity index is 1.51. The van der Waals surface area contributed by atoms with Crippen LogP contribution in [-0.2, 0) is 16.4 Å². The van der Waals surface area contributed by atoms with Crippen molar-refractivity contribution >= 4 is 10.0 Å². The zero-order valence-electron chi connectivity index (χ0n) is 12.9. The molecule has 5 nitrogen and oxygen atoms in total. The van der Waals surface area contributed by atoms with Crippen molar-refractivity contribution in [2.45, 2.75) is 30.2 Å². The lowest BCUT2D eigenvalue weighted by molar-refractivity contribution is 0.274. The number of benzene rings is 1. The smallest absolute Gasteiger partial charge is 0.243 e. The molecule has 2 aromatic rings. The Morgan fingerprint density at radius 1 is 1.09 bits per heavy atom. The lowest BCUT2D eigenvalue weighted by Crippen LogP contribution is -2.38. The molecule has 122 valence electrons. The van der Waals surface area contributed by atoms with Crippen molar-refractivity contribution in [3.63, 3.8) is 0 Å². The molecule has 0 radical (unpaired) electrons. The summed E-state index contributed by atoms with van der Waals surface area (Å²) in [6.45, 7) is 1.78. The molecule has 1 fully saturated rings. The molecular formula is C17H20N2O3S. The Bertz CT molecular complexity index is 791. The first-order chi connectivity index (χ1) is 11.1. The third-order valence-electron chi connectivity index (χ3n) is 4.77. The number of sulfonamides is 1.